The number of rotatable bonds is 3. The van der Waals surface area contributed by atoms with Crippen LogP contribution in [0.2, 0.25) is 0 Å². The maximum atomic E-state index is 13.8. The monoisotopic (exact) mass is 499 g/mol. The van der Waals surface area contributed by atoms with E-state index >= 15 is 0 Å². The van der Waals surface area contributed by atoms with Gasteiger partial charge in [-0.3, -0.25) is 4.79 Å². The topological polar surface area (TPSA) is 36.4 Å². The fraction of sp³-hybridized carbons (Fsp3) is 0.214. The molecule has 1 atom stereocenters. The van der Waals surface area contributed by atoms with Gasteiger partial charge in [-0.2, -0.15) is 0 Å². The molecular formula is C28H26BrN3O. The molecule has 2 heterocycles. The predicted octanol–water partition coefficient (Wildman–Crippen LogP) is 6.32. The van der Waals surface area contributed by atoms with E-state index in [9.17, 15) is 4.79 Å². The number of carbonyl (C=O) groups excluding carboxylic acids is 1. The molecule has 1 aliphatic heterocycles. The summed E-state index contributed by atoms with van der Waals surface area (Å²) in [5, 5.41) is 0.877. The minimum absolute atomic E-state index is 0.0630. The van der Waals surface area contributed by atoms with Gasteiger partial charge in [0.2, 0.25) is 0 Å². The Balaban J connectivity index is 1.48. The Morgan fingerprint density at radius 2 is 1.73 bits per heavy atom. The van der Waals surface area contributed by atoms with E-state index in [1.807, 2.05) is 59.5 Å². The summed E-state index contributed by atoms with van der Waals surface area (Å²) in [5.74, 6) is 0.0630. The second kappa shape index (κ2) is 8.99. The Morgan fingerprint density at radius 3 is 2.45 bits per heavy atom. The largest absolute Gasteiger partial charge is 0.365 e. The number of pyridine rings is 1. The predicted molar refractivity (Wildman–Crippen MR) is 139 cm³/mol. The Morgan fingerprint density at radius 1 is 0.970 bits per heavy atom. The molecule has 0 spiro atoms. The number of aryl methyl sites for hydroxylation is 1. The number of amides is 1. The molecule has 4 aromatic rings. The van der Waals surface area contributed by atoms with Crippen LogP contribution in [0.15, 0.2) is 83.3 Å². The second-order valence-electron chi connectivity index (χ2n) is 8.71. The molecule has 3 aromatic carbocycles. The molecule has 0 aliphatic carbocycles. The number of benzene rings is 3. The highest BCUT2D eigenvalue weighted by Gasteiger charge is 2.28. The zero-order valence-corrected chi connectivity index (χ0v) is 20.4. The van der Waals surface area contributed by atoms with Crippen LogP contribution in [0.5, 0.6) is 0 Å². The molecule has 5 rings (SSSR count). The highest BCUT2D eigenvalue weighted by Crippen LogP contribution is 2.29. The average Bonchev–Trinajstić information content (AvgIpc) is 2.84. The van der Waals surface area contributed by atoms with Crippen LogP contribution < -0.4 is 4.90 Å². The first kappa shape index (κ1) is 21.7. The molecule has 0 saturated carbocycles. The SMILES string of the molecule is Cc1ccc(N2CCN(C(=O)c3cc(-c4ccccc4)nc4ccc(Br)cc34)C[C@@H]2C)cc1. The van der Waals surface area contributed by atoms with E-state index in [0.29, 0.717) is 18.7 Å². The quantitative estimate of drug-likeness (QED) is 0.330. The highest BCUT2D eigenvalue weighted by molar-refractivity contribution is 9.10. The van der Waals surface area contributed by atoms with Crippen molar-refractivity contribution in [1.29, 1.82) is 0 Å². The Labute approximate surface area is 203 Å². The summed E-state index contributed by atoms with van der Waals surface area (Å²) in [6.07, 6.45) is 0. The molecule has 1 aliphatic rings. The normalized spacial score (nSPS) is 16.3. The number of halogens is 1. The van der Waals surface area contributed by atoms with E-state index in [4.69, 9.17) is 4.98 Å². The molecule has 0 unspecified atom stereocenters. The summed E-state index contributed by atoms with van der Waals surface area (Å²) in [6.45, 7) is 6.48. The molecule has 166 valence electrons. The molecule has 1 fully saturated rings. The van der Waals surface area contributed by atoms with Crippen molar-refractivity contribution in [3.63, 3.8) is 0 Å². The van der Waals surface area contributed by atoms with Gasteiger partial charge in [0.15, 0.2) is 0 Å². The molecule has 33 heavy (non-hydrogen) atoms. The van der Waals surface area contributed by atoms with E-state index in [1.54, 1.807) is 0 Å². The van der Waals surface area contributed by atoms with Crippen LogP contribution in [0, 0.1) is 6.92 Å². The molecule has 5 heteroatoms. The maximum Gasteiger partial charge on any atom is 0.254 e. The first-order valence-electron chi connectivity index (χ1n) is 11.3. The first-order chi connectivity index (χ1) is 16.0. The van der Waals surface area contributed by atoms with E-state index in [-0.39, 0.29) is 11.9 Å². The molecular weight excluding hydrogens is 474 g/mol. The van der Waals surface area contributed by atoms with Crippen LogP contribution in [-0.4, -0.2) is 41.5 Å². The van der Waals surface area contributed by atoms with Crippen molar-refractivity contribution in [3.8, 4) is 11.3 Å². The third-order valence-electron chi connectivity index (χ3n) is 6.35. The number of hydrogen-bond acceptors (Lipinski definition) is 3. The summed E-state index contributed by atoms with van der Waals surface area (Å²) in [5.41, 5.74) is 5.83. The summed E-state index contributed by atoms with van der Waals surface area (Å²) in [7, 11) is 0. The van der Waals surface area contributed by atoms with Crippen LogP contribution in [-0.2, 0) is 0 Å². The van der Waals surface area contributed by atoms with Crippen molar-refractivity contribution in [2.24, 2.45) is 0 Å². The van der Waals surface area contributed by atoms with Crippen LogP contribution in [0.1, 0.15) is 22.8 Å². The number of fused-ring (bicyclic) bond motifs is 1. The van der Waals surface area contributed by atoms with E-state index in [1.165, 1.54) is 11.3 Å². The smallest absolute Gasteiger partial charge is 0.254 e. The molecule has 0 bridgehead atoms. The number of anilines is 1. The Hall–Kier alpha value is -3.18. The van der Waals surface area contributed by atoms with Crippen molar-refractivity contribution in [1.82, 2.24) is 9.88 Å². The third-order valence-corrected chi connectivity index (χ3v) is 6.84. The molecule has 4 nitrogen and oxygen atoms in total. The molecule has 0 N–H and O–H groups in total. The highest BCUT2D eigenvalue weighted by atomic mass is 79.9. The molecule has 1 saturated heterocycles. The minimum atomic E-state index is 0.0630. The summed E-state index contributed by atoms with van der Waals surface area (Å²) >= 11 is 3.56. The van der Waals surface area contributed by atoms with Gasteiger partial charge in [0, 0.05) is 46.8 Å². The van der Waals surface area contributed by atoms with Gasteiger partial charge < -0.3 is 9.80 Å². The van der Waals surface area contributed by atoms with Crippen LogP contribution in [0.25, 0.3) is 22.2 Å². The number of aromatic nitrogens is 1. The van der Waals surface area contributed by atoms with Gasteiger partial charge in [-0.25, -0.2) is 4.98 Å². The van der Waals surface area contributed by atoms with Gasteiger partial charge in [-0.1, -0.05) is 64.0 Å². The van der Waals surface area contributed by atoms with Crippen molar-refractivity contribution in [2.75, 3.05) is 24.5 Å². The lowest BCUT2D eigenvalue weighted by molar-refractivity contribution is 0.0728. The van der Waals surface area contributed by atoms with Crippen LogP contribution in [0.3, 0.4) is 0 Å². The lowest BCUT2D eigenvalue weighted by Crippen LogP contribution is -2.53. The lowest BCUT2D eigenvalue weighted by Gasteiger charge is -2.41. The van der Waals surface area contributed by atoms with Crippen molar-refractivity contribution in [3.05, 3.63) is 94.5 Å². The zero-order valence-electron chi connectivity index (χ0n) is 18.8. The Bertz CT molecular complexity index is 1300. The zero-order chi connectivity index (χ0) is 22.9. The number of piperazine rings is 1. The molecule has 0 radical (unpaired) electrons. The fourth-order valence-electron chi connectivity index (χ4n) is 4.56. The van der Waals surface area contributed by atoms with Gasteiger partial charge in [0.05, 0.1) is 16.8 Å². The van der Waals surface area contributed by atoms with E-state index in [0.717, 1.165) is 33.2 Å². The van der Waals surface area contributed by atoms with E-state index < -0.39 is 0 Å². The van der Waals surface area contributed by atoms with Crippen molar-refractivity contribution >= 4 is 38.4 Å². The first-order valence-corrected chi connectivity index (χ1v) is 12.1. The van der Waals surface area contributed by atoms with Crippen molar-refractivity contribution in [2.45, 2.75) is 19.9 Å². The van der Waals surface area contributed by atoms with Gasteiger partial charge in [0.1, 0.15) is 0 Å². The van der Waals surface area contributed by atoms with Gasteiger partial charge in [-0.15, -0.1) is 0 Å². The summed E-state index contributed by atoms with van der Waals surface area (Å²) in [4.78, 5) is 23.0. The molecule has 1 amide bonds. The Kier molecular flexibility index (Phi) is 5.90. The number of hydrogen-bond donors (Lipinski definition) is 0. The molecule has 1 aromatic heterocycles. The maximum absolute atomic E-state index is 13.8. The minimum Gasteiger partial charge on any atom is -0.365 e. The lowest BCUT2D eigenvalue weighted by atomic mass is 10.0. The standard InChI is InChI=1S/C28H26BrN3O/c1-19-8-11-23(12-9-19)32-15-14-31(18-20(32)2)28(33)25-17-27(21-6-4-3-5-7-21)30-26-13-10-22(29)16-24(25)26/h3-13,16-17,20H,14-15,18H2,1-2H3/t20-/m0/s1. The summed E-state index contributed by atoms with van der Waals surface area (Å²) < 4.78 is 0.941. The van der Waals surface area contributed by atoms with Gasteiger partial charge >= 0.3 is 0 Å². The average molecular weight is 500 g/mol. The number of nitrogens with zero attached hydrogens (tertiary/aromatic N) is 3. The van der Waals surface area contributed by atoms with Crippen LogP contribution in [0.4, 0.5) is 5.69 Å². The van der Waals surface area contributed by atoms with Gasteiger partial charge in [-0.05, 0) is 50.2 Å². The van der Waals surface area contributed by atoms with E-state index in [2.05, 4.69) is 58.9 Å². The van der Waals surface area contributed by atoms with Gasteiger partial charge in [0.25, 0.3) is 5.91 Å². The fourth-order valence-corrected chi connectivity index (χ4v) is 4.93. The number of carbonyl (C=O) groups is 1. The van der Waals surface area contributed by atoms with Crippen LogP contribution >= 0.6 is 15.9 Å². The van der Waals surface area contributed by atoms with Crippen molar-refractivity contribution < 1.29 is 4.79 Å². The second-order valence-corrected chi connectivity index (χ2v) is 9.63. The summed E-state index contributed by atoms with van der Waals surface area (Å²) in [6, 6.07) is 26.8. The third kappa shape index (κ3) is 4.38.